The van der Waals surface area contributed by atoms with Crippen LogP contribution in [-0.2, 0) is 6.42 Å². The maximum atomic E-state index is 14.4. The van der Waals surface area contributed by atoms with Crippen molar-refractivity contribution in [2.24, 2.45) is 29.6 Å². The highest BCUT2D eigenvalue weighted by Crippen LogP contribution is 2.50. The molecule has 5 rings (SSSR count). The van der Waals surface area contributed by atoms with Gasteiger partial charge in [-0.2, -0.15) is 8.78 Å². The summed E-state index contributed by atoms with van der Waals surface area (Å²) in [7, 11) is 0. The van der Waals surface area contributed by atoms with Crippen LogP contribution in [0.2, 0.25) is 0 Å². The lowest BCUT2D eigenvalue weighted by atomic mass is 9.61. The van der Waals surface area contributed by atoms with Crippen molar-refractivity contribution in [3.63, 3.8) is 0 Å². The van der Waals surface area contributed by atoms with Gasteiger partial charge in [-0.1, -0.05) is 36.4 Å². The van der Waals surface area contributed by atoms with Gasteiger partial charge in [0, 0.05) is 0 Å². The number of hydrogen-bond acceptors (Lipinski definition) is 2. The van der Waals surface area contributed by atoms with Crippen LogP contribution in [0.15, 0.2) is 48.6 Å². The van der Waals surface area contributed by atoms with Gasteiger partial charge in [-0.3, -0.25) is 0 Å². The smallest absolute Gasteiger partial charge is 0.204 e. The summed E-state index contributed by atoms with van der Waals surface area (Å²) in [6, 6.07) is 12.4. The fourth-order valence-electron chi connectivity index (χ4n) is 8.00. The van der Waals surface area contributed by atoms with E-state index in [1.807, 2.05) is 0 Å². The van der Waals surface area contributed by atoms with Gasteiger partial charge in [0.25, 0.3) is 0 Å². The monoisotopic (exact) mass is 550 g/mol. The topological polar surface area (TPSA) is 18.5 Å². The van der Waals surface area contributed by atoms with E-state index in [9.17, 15) is 8.78 Å². The first-order chi connectivity index (χ1) is 19.6. The van der Waals surface area contributed by atoms with Crippen LogP contribution in [0.5, 0.6) is 11.5 Å². The third-order valence-electron chi connectivity index (χ3n) is 10.3. The Morgan fingerprint density at radius 1 is 0.725 bits per heavy atom. The molecule has 2 aromatic carbocycles. The molecule has 0 heterocycles. The molecule has 0 N–H and O–H groups in total. The number of allylic oxidation sites excluding steroid dienone is 2. The maximum absolute atomic E-state index is 14.4. The van der Waals surface area contributed by atoms with E-state index in [2.05, 4.69) is 43.3 Å². The number of ether oxygens (including phenoxy) is 2. The van der Waals surface area contributed by atoms with Crippen molar-refractivity contribution in [1.29, 1.82) is 0 Å². The number of fused-ring (bicyclic) bond motifs is 1. The van der Waals surface area contributed by atoms with Crippen LogP contribution in [-0.4, -0.2) is 13.2 Å². The average Bonchev–Trinajstić information content (AvgIpc) is 2.99. The van der Waals surface area contributed by atoms with E-state index in [0.717, 1.165) is 55.3 Å². The summed E-state index contributed by atoms with van der Waals surface area (Å²) in [6.45, 7) is 4.62. The highest BCUT2D eigenvalue weighted by atomic mass is 19.2. The fraction of sp³-hybridized carbons (Fsp3) is 0.611. The Bertz CT molecular complexity index is 1100. The SMILES string of the molecule is C/C=C/CCc1ccc(C2CCC(C3CCC4CC(COc5ccc(OCC)c(F)c5F)CCC4C3)CC2)cc1. The van der Waals surface area contributed by atoms with Crippen molar-refractivity contribution in [3.05, 3.63) is 71.3 Å². The zero-order valence-electron chi connectivity index (χ0n) is 24.6. The molecule has 0 aliphatic heterocycles. The molecule has 2 aromatic rings. The molecule has 4 atom stereocenters. The summed E-state index contributed by atoms with van der Waals surface area (Å²) >= 11 is 0. The van der Waals surface area contributed by atoms with Crippen molar-refractivity contribution in [1.82, 2.24) is 0 Å². The van der Waals surface area contributed by atoms with Crippen molar-refractivity contribution < 1.29 is 18.3 Å². The molecular formula is C36H48F2O2. The molecule has 40 heavy (non-hydrogen) atoms. The van der Waals surface area contributed by atoms with E-state index in [0.29, 0.717) is 19.1 Å². The second kappa shape index (κ2) is 14.0. The minimum Gasteiger partial charge on any atom is -0.491 e. The van der Waals surface area contributed by atoms with Crippen LogP contribution in [0, 0.1) is 41.2 Å². The summed E-state index contributed by atoms with van der Waals surface area (Å²) < 4.78 is 39.6. The first-order valence-corrected chi connectivity index (χ1v) is 16.0. The normalized spacial score (nSPS) is 28.8. The van der Waals surface area contributed by atoms with Gasteiger partial charge in [0.15, 0.2) is 11.5 Å². The van der Waals surface area contributed by atoms with Crippen molar-refractivity contribution in [2.75, 3.05) is 13.2 Å². The second-order valence-electron chi connectivity index (χ2n) is 12.7. The van der Waals surface area contributed by atoms with Crippen molar-refractivity contribution >= 4 is 0 Å². The van der Waals surface area contributed by atoms with Crippen LogP contribution >= 0.6 is 0 Å². The number of aryl methyl sites for hydroxylation is 1. The minimum atomic E-state index is -0.955. The Hall–Kier alpha value is -2.36. The fourth-order valence-corrected chi connectivity index (χ4v) is 8.00. The first-order valence-electron chi connectivity index (χ1n) is 16.0. The summed E-state index contributed by atoms with van der Waals surface area (Å²) in [5, 5.41) is 0. The third kappa shape index (κ3) is 7.09. The molecule has 0 amide bonds. The third-order valence-corrected chi connectivity index (χ3v) is 10.3. The summed E-state index contributed by atoms with van der Waals surface area (Å²) in [5.41, 5.74) is 3.00. The maximum Gasteiger partial charge on any atom is 0.204 e. The zero-order chi connectivity index (χ0) is 27.9. The van der Waals surface area contributed by atoms with Crippen molar-refractivity contribution in [2.45, 2.75) is 96.8 Å². The van der Waals surface area contributed by atoms with E-state index < -0.39 is 11.6 Å². The van der Waals surface area contributed by atoms with Gasteiger partial charge in [0.2, 0.25) is 11.6 Å². The van der Waals surface area contributed by atoms with Gasteiger partial charge in [0.1, 0.15) is 0 Å². The number of benzene rings is 2. The van der Waals surface area contributed by atoms with Crippen LogP contribution in [0.4, 0.5) is 8.78 Å². The minimum absolute atomic E-state index is 0.00253. The predicted octanol–water partition coefficient (Wildman–Crippen LogP) is 10.1. The van der Waals surface area contributed by atoms with Gasteiger partial charge in [-0.15, -0.1) is 0 Å². The van der Waals surface area contributed by atoms with Gasteiger partial charge < -0.3 is 9.47 Å². The van der Waals surface area contributed by atoms with E-state index >= 15 is 0 Å². The molecule has 3 aliphatic carbocycles. The predicted molar refractivity (Wildman–Crippen MR) is 159 cm³/mol. The van der Waals surface area contributed by atoms with E-state index in [1.165, 1.54) is 69.1 Å². The van der Waals surface area contributed by atoms with Crippen LogP contribution in [0.3, 0.4) is 0 Å². The molecule has 218 valence electrons. The lowest BCUT2D eigenvalue weighted by Gasteiger charge is -2.45. The van der Waals surface area contributed by atoms with E-state index in [-0.39, 0.29) is 11.5 Å². The second-order valence-corrected chi connectivity index (χ2v) is 12.7. The lowest BCUT2D eigenvalue weighted by molar-refractivity contribution is 0.0508. The molecule has 2 nitrogen and oxygen atoms in total. The Labute approximate surface area is 240 Å². The molecule has 3 saturated carbocycles. The highest BCUT2D eigenvalue weighted by molar-refractivity contribution is 5.35. The molecule has 0 radical (unpaired) electrons. The van der Waals surface area contributed by atoms with E-state index in [1.54, 1.807) is 12.5 Å². The van der Waals surface area contributed by atoms with Gasteiger partial charge >= 0.3 is 0 Å². The Morgan fingerprint density at radius 2 is 1.32 bits per heavy atom. The first kappa shape index (κ1) is 29.1. The van der Waals surface area contributed by atoms with E-state index in [4.69, 9.17) is 9.47 Å². The summed E-state index contributed by atoms with van der Waals surface area (Å²) in [5.74, 6) is 2.62. The Kier molecular flexibility index (Phi) is 10.2. The average molecular weight is 551 g/mol. The van der Waals surface area contributed by atoms with Crippen LogP contribution < -0.4 is 9.47 Å². The van der Waals surface area contributed by atoms with Gasteiger partial charge in [-0.25, -0.2) is 0 Å². The Balaban J connectivity index is 1.05. The molecule has 0 bridgehead atoms. The lowest BCUT2D eigenvalue weighted by Crippen LogP contribution is -2.35. The quantitative estimate of drug-likeness (QED) is 0.274. The number of halogens is 2. The standard InChI is InChI=1S/C36H48F2O2/c1-3-5-6-7-25-8-11-27(12-9-25)28-14-16-29(17-15-28)31-19-18-30-22-26(10-13-32(30)23-31)24-40-34-21-20-33(39-4-2)35(37)36(34)38/h3,5,8-9,11-12,20-21,26,28-32H,4,6-7,10,13-19,22-24H2,1-2H3/b5-3+. The molecule has 3 aliphatic rings. The number of rotatable bonds is 10. The van der Waals surface area contributed by atoms with Crippen LogP contribution in [0.25, 0.3) is 0 Å². The van der Waals surface area contributed by atoms with Gasteiger partial charge in [-0.05, 0) is 150 Å². The van der Waals surface area contributed by atoms with Gasteiger partial charge in [0.05, 0.1) is 13.2 Å². The van der Waals surface area contributed by atoms with Crippen molar-refractivity contribution in [3.8, 4) is 11.5 Å². The highest BCUT2D eigenvalue weighted by Gasteiger charge is 2.39. The number of hydrogen-bond donors (Lipinski definition) is 0. The zero-order valence-corrected chi connectivity index (χ0v) is 24.6. The molecule has 4 unspecified atom stereocenters. The molecule has 0 saturated heterocycles. The summed E-state index contributed by atoms with van der Waals surface area (Å²) in [6.07, 6.45) is 19.7. The molecule has 0 aromatic heterocycles. The Morgan fingerprint density at radius 3 is 2.00 bits per heavy atom. The molecular weight excluding hydrogens is 502 g/mol. The molecule has 0 spiro atoms. The largest absolute Gasteiger partial charge is 0.491 e. The van der Waals surface area contributed by atoms with Crippen LogP contribution in [0.1, 0.15) is 102 Å². The summed E-state index contributed by atoms with van der Waals surface area (Å²) in [4.78, 5) is 0. The molecule has 4 heteroatoms. The molecule has 3 fully saturated rings.